The molecule has 0 aliphatic carbocycles. The Morgan fingerprint density at radius 3 is 2.30 bits per heavy atom. The molecule has 3 fully saturated rings. The number of aliphatic hydroxyl groups is 4. The van der Waals surface area contributed by atoms with E-state index >= 15 is 0 Å². The van der Waals surface area contributed by atoms with Crippen molar-refractivity contribution in [1.82, 2.24) is 0 Å². The Morgan fingerprint density at radius 2 is 1.65 bits per heavy atom. The number of methoxy groups -OCH3 is 1. The smallest absolute Gasteiger partial charge is 0.331 e. The molecule has 66 heavy (non-hydrogen) atoms. The largest absolute Gasteiger partial charge is 0.493 e. The Labute approximate surface area is 389 Å². The Morgan fingerprint density at radius 1 is 0.924 bits per heavy atom. The predicted molar refractivity (Wildman–Crippen MR) is 242 cm³/mol. The van der Waals surface area contributed by atoms with Crippen molar-refractivity contribution in [3.63, 3.8) is 0 Å². The molecule has 0 radical (unpaired) electrons. The second-order valence-corrected chi connectivity index (χ2v) is 18.8. The number of carbonyl (C=O) groups is 4. The first-order valence-corrected chi connectivity index (χ1v) is 22.8. The molecule has 4 heterocycles. The summed E-state index contributed by atoms with van der Waals surface area (Å²) < 4.78 is 47.9. The fourth-order valence-corrected chi connectivity index (χ4v) is 8.81. The maximum Gasteiger partial charge on any atom is 0.331 e. The topological polar surface area (TPSA) is 223 Å². The number of hydrogen-bond acceptors (Lipinski definition) is 16. The zero-order valence-corrected chi connectivity index (χ0v) is 39.8. The summed E-state index contributed by atoms with van der Waals surface area (Å²) in [6.07, 6.45) is 6.16. The monoisotopic (exact) mass is 928 g/mol. The molecule has 4 N–H and O–H groups in total. The minimum absolute atomic E-state index is 0.0207. The second-order valence-electron chi connectivity index (χ2n) is 18.8. The number of ether oxygens (including phenoxy) is 8. The third kappa shape index (κ3) is 14.3. The summed E-state index contributed by atoms with van der Waals surface area (Å²) in [5, 5.41) is 48.1. The van der Waals surface area contributed by atoms with E-state index in [1.54, 1.807) is 45.9 Å². The molecular formula is C50H72O16. The second kappa shape index (κ2) is 23.5. The molecule has 0 aromatic rings. The lowest BCUT2D eigenvalue weighted by Gasteiger charge is -2.53. The normalized spacial score (nSPS) is 35.0. The first-order chi connectivity index (χ1) is 30.9. The molecule has 0 aromatic heterocycles. The van der Waals surface area contributed by atoms with E-state index in [1.165, 1.54) is 45.3 Å². The van der Waals surface area contributed by atoms with E-state index in [1.807, 2.05) is 13.0 Å². The summed E-state index contributed by atoms with van der Waals surface area (Å²) >= 11 is 0. The van der Waals surface area contributed by atoms with Crippen LogP contribution >= 0.6 is 0 Å². The van der Waals surface area contributed by atoms with Gasteiger partial charge in [-0.2, -0.15) is 0 Å². The van der Waals surface area contributed by atoms with Crippen molar-refractivity contribution in [2.24, 2.45) is 10.8 Å². The number of carbonyl (C=O) groups excluding carboxylic acids is 4. The number of allylic oxidation sites excluding steroid dienone is 3. The number of esters is 4. The molecule has 16 nitrogen and oxygen atoms in total. The van der Waals surface area contributed by atoms with Gasteiger partial charge in [0.15, 0.2) is 11.9 Å². The van der Waals surface area contributed by atoms with E-state index in [0.29, 0.717) is 5.57 Å². The van der Waals surface area contributed by atoms with Gasteiger partial charge in [-0.15, -0.1) is 0 Å². The molecule has 11 atom stereocenters. The zero-order valence-electron chi connectivity index (χ0n) is 39.8. The highest BCUT2D eigenvalue weighted by Crippen LogP contribution is 2.50. The lowest BCUT2D eigenvalue weighted by molar-refractivity contribution is -0.348. The van der Waals surface area contributed by atoms with Gasteiger partial charge in [0.2, 0.25) is 5.79 Å². The maximum atomic E-state index is 13.5. The van der Waals surface area contributed by atoms with Gasteiger partial charge in [-0.1, -0.05) is 96.2 Å². The van der Waals surface area contributed by atoms with Crippen LogP contribution in [0.15, 0.2) is 84.7 Å². The standard InChI is InChI=1S/C50H72O16/c1-11-13-14-15-16-17-43(54)64-46-35(26-44(55)59-10)25-38-28-41(32(4)51)61-31(3)21-36(53)27-39-29-42(62-33(5)52)48(8,9)49(57,65-39)30-40-23-34(24-45(56)60-20-12-2)22-37(63-40)18-19-47(6,7)50(46,58)66-38/h12,14-19,24,26,32,36-42,46,51,53,57-58H,2-3,11,13,20-23,25,27-30H2,1,4-10H3/b15-14+,17-16+,19-18+,34-24+,35-26+/t32-,36?,37+,38+,39-,40+,41-,42+,46+,49+,50-/m1/s1. The average molecular weight is 929 g/mol. The summed E-state index contributed by atoms with van der Waals surface area (Å²) in [5.41, 5.74) is -1.92. The summed E-state index contributed by atoms with van der Waals surface area (Å²) in [4.78, 5) is 51.8. The Balaban J connectivity index is 1.90. The van der Waals surface area contributed by atoms with E-state index in [4.69, 9.17) is 37.9 Å². The Bertz CT molecular complexity index is 1890. The minimum atomic E-state index is -2.41. The van der Waals surface area contributed by atoms with Crippen LogP contribution in [0.3, 0.4) is 0 Å². The van der Waals surface area contributed by atoms with Gasteiger partial charge >= 0.3 is 23.9 Å². The van der Waals surface area contributed by atoms with Gasteiger partial charge in [0, 0.05) is 62.7 Å². The lowest BCUT2D eigenvalue weighted by atomic mass is 9.70. The van der Waals surface area contributed by atoms with Crippen LogP contribution in [0.2, 0.25) is 0 Å². The zero-order chi connectivity index (χ0) is 49.0. The van der Waals surface area contributed by atoms with Crippen LogP contribution in [0.4, 0.5) is 0 Å². The number of fused-ring (bicyclic) bond motifs is 6. The number of aliphatic hydroxyl groups excluding tert-OH is 2. The van der Waals surface area contributed by atoms with Crippen LogP contribution in [-0.2, 0) is 57.1 Å². The van der Waals surface area contributed by atoms with Crippen molar-refractivity contribution in [2.75, 3.05) is 13.7 Å². The molecule has 368 valence electrons. The van der Waals surface area contributed by atoms with Gasteiger partial charge in [-0.3, -0.25) is 4.79 Å². The minimum Gasteiger partial charge on any atom is -0.493 e. The predicted octanol–water partition coefficient (Wildman–Crippen LogP) is 5.82. The molecule has 0 saturated carbocycles. The maximum absolute atomic E-state index is 13.5. The van der Waals surface area contributed by atoms with Gasteiger partial charge in [0.25, 0.3) is 0 Å². The van der Waals surface area contributed by atoms with Gasteiger partial charge in [0.05, 0.1) is 54.9 Å². The first kappa shape index (κ1) is 54.2. The third-order valence-corrected chi connectivity index (χ3v) is 12.6. The van der Waals surface area contributed by atoms with Gasteiger partial charge in [-0.05, 0) is 38.2 Å². The molecule has 1 unspecified atom stereocenters. The highest BCUT2D eigenvalue weighted by molar-refractivity contribution is 5.85. The van der Waals surface area contributed by atoms with Crippen molar-refractivity contribution >= 4 is 23.9 Å². The van der Waals surface area contributed by atoms with Crippen LogP contribution < -0.4 is 0 Å². The van der Waals surface area contributed by atoms with Crippen molar-refractivity contribution in [1.29, 1.82) is 0 Å². The molecule has 0 amide bonds. The molecular weight excluding hydrogens is 857 g/mol. The van der Waals surface area contributed by atoms with E-state index < -0.39 is 101 Å². The number of hydrogen-bond donors (Lipinski definition) is 4. The fourth-order valence-electron chi connectivity index (χ4n) is 8.81. The molecule has 6 bridgehead atoms. The Kier molecular flexibility index (Phi) is 19.3. The molecule has 0 spiro atoms. The molecule has 4 rings (SSSR count). The van der Waals surface area contributed by atoms with E-state index in [-0.39, 0.29) is 69.3 Å². The quantitative estimate of drug-likeness (QED) is 0.0630. The van der Waals surface area contributed by atoms with Crippen LogP contribution in [-0.4, -0.2) is 125 Å². The summed E-state index contributed by atoms with van der Waals surface area (Å²) in [7, 11) is 1.19. The van der Waals surface area contributed by atoms with E-state index in [0.717, 1.165) is 18.9 Å². The molecule has 0 aromatic carbocycles. The lowest BCUT2D eigenvalue weighted by Crippen LogP contribution is -2.62. The molecule has 3 saturated heterocycles. The van der Waals surface area contributed by atoms with E-state index in [2.05, 4.69) is 13.2 Å². The summed E-state index contributed by atoms with van der Waals surface area (Å²) in [5.74, 6) is -7.12. The molecule has 4 aliphatic heterocycles. The average Bonchev–Trinajstić information content (AvgIpc) is 3.21. The van der Waals surface area contributed by atoms with Crippen LogP contribution in [0.5, 0.6) is 0 Å². The fraction of sp³-hybridized carbons (Fsp3) is 0.640. The first-order valence-electron chi connectivity index (χ1n) is 22.8. The van der Waals surface area contributed by atoms with E-state index in [9.17, 15) is 39.6 Å². The molecule has 4 aliphatic rings. The van der Waals surface area contributed by atoms with Crippen molar-refractivity contribution in [3.8, 4) is 0 Å². The van der Waals surface area contributed by atoms with Crippen molar-refractivity contribution < 1.29 is 77.5 Å². The SMILES string of the molecule is C=CCOC(=O)/C=C1/C[C@H]2C[C@]3(O)O[C@H](CC(O)CC(=C)O[C@@H]([C@@H](C)O)C[C@@H]4C/C(=C\C(=O)OC)[C@H](OC(=O)/C=C/C=C/CCC)[C@@](O)(O4)C(C)(C)/C=C/[C@@H](C1)O2)C[C@H](OC(C)=O)C3(C)C. The molecule has 16 heteroatoms. The van der Waals surface area contributed by atoms with Crippen LogP contribution in [0, 0.1) is 10.8 Å². The van der Waals surface area contributed by atoms with Crippen molar-refractivity contribution in [3.05, 3.63) is 84.7 Å². The van der Waals surface area contributed by atoms with Crippen LogP contribution in [0.1, 0.15) is 113 Å². The van der Waals surface area contributed by atoms with Gasteiger partial charge in [-0.25, -0.2) is 14.4 Å². The van der Waals surface area contributed by atoms with Gasteiger partial charge < -0.3 is 58.3 Å². The van der Waals surface area contributed by atoms with Crippen molar-refractivity contribution in [2.45, 2.75) is 179 Å². The number of rotatable bonds is 11. The number of unbranched alkanes of at least 4 members (excludes halogenated alkanes) is 1. The summed E-state index contributed by atoms with van der Waals surface area (Å²) in [6.45, 7) is 19.1. The van der Waals surface area contributed by atoms with Gasteiger partial charge in [0.1, 0.15) is 18.8 Å². The van der Waals surface area contributed by atoms with Crippen LogP contribution in [0.25, 0.3) is 0 Å². The third-order valence-electron chi connectivity index (χ3n) is 12.6. The highest BCUT2D eigenvalue weighted by Gasteiger charge is 2.59. The Hall–Kier alpha value is -4.42. The highest BCUT2D eigenvalue weighted by atomic mass is 16.7. The summed E-state index contributed by atoms with van der Waals surface area (Å²) in [6, 6.07) is 0.